The first-order valence-corrected chi connectivity index (χ1v) is 7.60. The number of anilines is 1. The van der Waals surface area contributed by atoms with Crippen LogP contribution in [0.2, 0.25) is 0 Å². The van der Waals surface area contributed by atoms with Gasteiger partial charge >= 0.3 is 12.1 Å². The van der Waals surface area contributed by atoms with Crippen molar-refractivity contribution in [2.45, 2.75) is 25.2 Å². The average Bonchev–Trinajstić information content (AvgIpc) is 3.31. The Labute approximate surface area is 137 Å². The number of hydrogen-bond donors (Lipinski definition) is 0. The number of benzene rings is 2. The van der Waals surface area contributed by atoms with Gasteiger partial charge in [0.05, 0.1) is 18.2 Å². The number of nitrogens with zero attached hydrogens (tertiary/aromatic N) is 1. The summed E-state index contributed by atoms with van der Waals surface area (Å²) in [7, 11) is 0. The lowest BCUT2D eigenvalue weighted by Crippen LogP contribution is -2.15. The standard InChI is InChI=1S/C18H16F3NO2/c1-2-24-17(23)16-15(22(16)14-6-4-3-5-7-14)12-8-10-13(11-9-12)18(19,20)21/h3-11,15-16H,2H2,1H3/t15-,16-,22?/m1/s1. The maximum atomic E-state index is 12.7. The molecule has 126 valence electrons. The molecular formula is C18H16F3NO2. The minimum Gasteiger partial charge on any atom is -0.464 e. The minimum absolute atomic E-state index is 0.262. The molecular weight excluding hydrogens is 319 g/mol. The van der Waals surface area contributed by atoms with Crippen molar-refractivity contribution in [3.63, 3.8) is 0 Å². The van der Waals surface area contributed by atoms with E-state index in [1.165, 1.54) is 12.1 Å². The van der Waals surface area contributed by atoms with E-state index in [-0.39, 0.29) is 18.6 Å². The highest BCUT2D eigenvalue weighted by molar-refractivity contribution is 5.88. The van der Waals surface area contributed by atoms with Gasteiger partial charge in [-0.15, -0.1) is 0 Å². The van der Waals surface area contributed by atoms with Crippen LogP contribution in [0.1, 0.15) is 24.1 Å². The van der Waals surface area contributed by atoms with E-state index in [4.69, 9.17) is 4.74 Å². The summed E-state index contributed by atoms with van der Waals surface area (Å²) in [5.74, 6) is -0.369. The number of halogens is 3. The van der Waals surface area contributed by atoms with Crippen LogP contribution in [0, 0.1) is 0 Å². The van der Waals surface area contributed by atoms with Crippen molar-refractivity contribution in [2.75, 3.05) is 11.5 Å². The molecule has 1 fully saturated rings. The van der Waals surface area contributed by atoms with Crippen LogP contribution in [0.4, 0.5) is 18.9 Å². The van der Waals surface area contributed by atoms with Crippen molar-refractivity contribution in [1.82, 2.24) is 0 Å². The van der Waals surface area contributed by atoms with Gasteiger partial charge in [-0.1, -0.05) is 30.3 Å². The Balaban J connectivity index is 1.88. The molecule has 3 nitrogen and oxygen atoms in total. The van der Waals surface area contributed by atoms with Gasteiger partial charge in [0.15, 0.2) is 6.04 Å². The lowest BCUT2D eigenvalue weighted by molar-refractivity contribution is -0.142. The van der Waals surface area contributed by atoms with Crippen LogP contribution in [0.3, 0.4) is 0 Å². The molecule has 0 N–H and O–H groups in total. The molecule has 0 aliphatic carbocycles. The van der Waals surface area contributed by atoms with Crippen LogP contribution in [-0.2, 0) is 15.7 Å². The second kappa shape index (κ2) is 6.19. The van der Waals surface area contributed by atoms with E-state index in [2.05, 4.69) is 0 Å². The van der Waals surface area contributed by atoms with Crippen LogP contribution in [0.15, 0.2) is 54.6 Å². The maximum Gasteiger partial charge on any atom is 0.416 e. The molecule has 24 heavy (non-hydrogen) atoms. The van der Waals surface area contributed by atoms with Gasteiger partial charge in [-0.25, -0.2) is 4.79 Å². The predicted octanol–water partition coefficient (Wildman–Crippen LogP) is 4.20. The molecule has 0 radical (unpaired) electrons. The van der Waals surface area contributed by atoms with Crippen molar-refractivity contribution in [3.05, 3.63) is 65.7 Å². The molecule has 1 saturated heterocycles. The average molecular weight is 335 g/mol. The molecule has 0 unspecified atom stereocenters. The molecule has 1 aliphatic rings. The van der Waals surface area contributed by atoms with Crippen molar-refractivity contribution in [2.24, 2.45) is 0 Å². The van der Waals surface area contributed by atoms with E-state index in [1.807, 2.05) is 35.2 Å². The monoisotopic (exact) mass is 335 g/mol. The van der Waals surface area contributed by atoms with Crippen molar-refractivity contribution < 1.29 is 22.7 Å². The summed E-state index contributed by atoms with van der Waals surface area (Å²) in [6, 6.07) is 13.4. The Bertz CT molecular complexity index is 713. The van der Waals surface area contributed by atoms with Gasteiger partial charge < -0.3 is 9.64 Å². The molecule has 1 heterocycles. The minimum atomic E-state index is -4.37. The van der Waals surface area contributed by atoms with Gasteiger partial charge in [0.25, 0.3) is 0 Å². The fourth-order valence-electron chi connectivity index (χ4n) is 2.83. The first-order chi connectivity index (χ1) is 11.4. The van der Waals surface area contributed by atoms with Gasteiger partial charge in [-0.3, -0.25) is 0 Å². The van der Waals surface area contributed by atoms with Crippen molar-refractivity contribution >= 4 is 11.7 Å². The van der Waals surface area contributed by atoms with Gasteiger partial charge in [-0.2, -0.15) is 13.2 Å². The highest BCUT2D eigenvalue weighted by Gasteiger charge is 2.54. The SMILES string of the molecule is CCOC(=O)[C@H]1[C@@H](c2ccc(C(F)(F)F)cc2)N1c1ccccc1. The topological polar surface area (TPSA) is 29.3 Å². The molecule has 0 amide bonds. The second-order valence-electron chi connectivity index (χ2n) is 5.50. The number of carbonyl (C=O) groups excluding carboxylic acids is 1. The number of ether oxygens (including phenoxy) is 1. The fraction of sp³-hybridized carbons (Fsp3) is 0.278. The van der Waals surface area contributed by atoms with E-state index in [0.717, 1.165) is 17.8 Å². The number of alkyl halides is 3. The summed E-state index contributed by atoms with van der Waals surface area (Å²) in [4.78, 5) is 14.0. The highest BCUT2D eigenvalue weighted by Crippen LogP contribution is 2.47. The summed E-state index contributed by atoms with van der Waals surface area (Å²) >= 11 is 0. The Morgan fingerprint density at radius 1 is 1.08 bits per heavy atom. The van der Waals surface area contributed by atoms with Gasteiger partial charge in [0, 0.05) is 5.69 Å². The van der Waals surface area contributed by atoms with Crippen molar-refractivity contribution in [3.8, 4) is 0 Å². The summed E-state index contributed by atoms with van der Waals surface area (Å²) in [5.41, 5.74) is 0.788. The molecule has 2 aromatic rings. The molecule has 0 spiro atoms. The van der Waals surface area contributed by atoms with Crippen LogP contribution < -0.4 is 4.90 Å². The third kappa shape index (κ3) is 3.09. The Morgan fingerprint density at radius 2 is 1.71 bits per heavy atom. The van der Waals surface area contributed by atoms with Crippen LogP contribution in [0.25, 0.3) is 0 Å². The molecule has 2 atom stereocenters. The predicted molar refractivity (Wildman–Crippen MR) is 83.5 cm³/mol. The van der Waals surface area contributed by atoms with E-state index in [0.29, 0.717) is 5.56 Å². The summed E-state index contributed by atoms with van der Waals surface area (Å²) in [6.07, 6.45) is -4.37. The second-order valence-corrected chi connectivity index (χ2v) is 5.50. The Kier molecular flexibility index (Phi) is 4.22. The number of rotatable bonds is 4. The summed E-state index contributed by atoms with van der Waals surface area (Å²) in [5, 5.41) is 0. The first kappa shape index (κ1) is 16.4. The van der Waals surface area contributed by atoms with Crippen LogP contribution in [0.5, 0.6) is 0 Å². The van der Waals surface area contributed by atoms with Crippen molar-refractivity contribution in [1.29, 1.82) is 0 Å². The highest BCUT2D eigenvalue weighted by atomic mass is 19.4. The molecule has 0 saturated carbocycles. The summed E-state index contributed by atoms with van der Waals surface area (Å²) < 4.78 is 43.2. The summed E-state index contributed by atoms with van der Waals surface area (Å²) in [6.45, 7) is 1.98. The fourth-order valence-corrected chi connectivity index (χ4v) is 2.83. The van der Waals surface area contributed by atoms with E-state index < -0.39 is 17.8 Å². The number of para-hydroxylation sites is 1. The zero-order chi connectivity index (χ0) is 17.3. The van der Waals surface area contributed by atoms with Crippen LogP contribution in [-0.4, -0.2) is 18.6 Å². The van der Waals surface area contributed by atoms with Gasteiger partial charge in [-0.05, 0) is 36.8 Å². The molecule has 2 aromatic carbocycles. The third-order valence-electron chi connectivity index (χ3n) is 3.97. The Hall–Kier alpha value is -2.50. The van der Waals surface area contributed by atoms with E-state index >= 15 is 0 Å². The zero-order valence-electron chi connectivity index (χ0n) is 13.0. The number of esters is 1. The molecule has 0 bridgehead atoms. The lowest BCUT2D eigenvalue weighted by atomic mass is 10.1. The molecule has 1 aliphatic heterocycles. The molecule has 3 rings (SSSR count). The quantitative estimate of drug-likeness (QED) is 0.619. The van der Waals surface area contributed by atoms with Gasteiger partial charge in [0.1, 0.15) is 0 Å². The smallest absolute Gasteiger partial charge is 0.416 e. The van der Waals surface area contributed by atoms with E-state index in [1.54, 1.807) is 6.92 Å². The zero-order valence-corrected chi connectivity index (χ0v) is 13.0. The largest absolute Gasteiger partial charge is 0.464 e. The molecule has 0 aromatic heterocycles. The maximum absolute atomic E-state index is 12.7. The first-order valence-electron chi connectivity index (χ1n) is 7.60. The number of carbonyl (C=O) groups is 1. The van der Waals surface area contributed by atoms with Gasteiger partial charge in [0.2, 0.25) is 0 Å². The Morgan fingerprint density at radius 3 is 2.25 bits per heavy atom. The third-order valence-corrected chi connectivity index (χ3v) is 3.97. The van der Waals surface area contributed by atoms with Crippen LogP contribution >= 0.6 is 0 Å². The molecule has 6 heteroatoms. The van der Waals surface area contributed by atoms with E-state index in [9.17, 15) is 18.0 Å². The number of hydrogen-bond acceptors (Lipinski definition) is 3. The lowest BCUT2D eigenvalue weighted by Gasteiger charge is -2.08. The normalized spacial score (nSPS) is 19.9.